The van der Waals surface area contributed by atoms with E-state index >= 15 is 0 Å². The number of esters is 1. The number of aromatic nitrogens is 3. The number of aryl methyl sites for hydroxylation is 3. The minimum absolute atomic E-state index is 0.107. The minimum atomic E-state index is -0.415. The van der Waals surface area contributed by atoms with Crippen LogP contribution in [0.25, 0.3) is 16.7 Å². The highest BCUT2D eigenvalue weighted by molar-refractivity contribution is 7.15. The van der Waals surface area contributed by atoms with Gasteiger partial charge in [0, 0.05) is 16.3 Å². The lowest BCUT2D eigenvalue weighted by Gasteiger charge is -2.10. The number of rotatable bonds is 5. The number of thiophene rings is 1. The normalized spacial score (nSPS) is 11.1. The molecule has 4 heterocycles. The smallest absolute Gasteiger partial charge is 0.341 e. The Kier molecular flexibility index (Phi) is 4.64. The molecule has 0 aliphatic rings. The third-order valence-corrected chi connectivity index (χ3v) is 5.76. The van der Waals surface area contributed by atoms with Crippen LogP contribution in [0.5, 0.6) is 0 Å². The summed E-state index contributed by atoms with van der Waals surface area (Å²) in [5.74, 6) is 0.509. The molecule has 0 aromatic carbocycles. The molecule has 0 aliphatic carbocycles. The van der Waals surface area contributed by atoms with Crippen LogP contribution < -0.4 is 0 Å². The van der Waals surface area contributed by atoms with E-state index < -0.39 is 5.97 Å². The van der Waals surface area contributed by atoms with Crippen LogP contribution in [0, 0.1) is 27.7 Å². The van der Waals surface area contributed by atoms with E-state index in [0.29, 0.717) is 11.3 Å². The number of furan rings is 1. The number of hydrogen-bond donors (Lipinski definition) is 0. The fourth-order valence-electron chi connectivity index (χ4n) is 3.01. The van der Waals surface area contributed by atoms with E-state index in [0.717, 1.165) is 26.8 Å². The lowest BCUT2D eigenvalue weighted by molar-refractivity contribution is 0.0438. The topological polar surface area (TPSA) is 83.3 Å². The van der Waals surface area contributed by atoms with Gasteiger partial charge in [0.1, 0.15) is 5.00 Å². The van der Waals surface area contributed by atoms with Crippen molar-refractivity contribution < 1.29 is 18.4 Å². The molecule has 4 aromatic rings. The average Bonchev–Trinajstić information content (AvgIpc) is 3.43. The fraction of sp³-hybridized carbons (Fsp3) is 0.250. The summed E-state index contributed by atoms with van der Waals surface area (Å²) in [6.07, 6.45) is 1.52. The summed E-state index contributed by atoms with van der Waals surface area (Å²) < 4.78 is 18.3. The van der Waals surface area contributed by atoms with Gasteiger partial charge in [-0.25, -0.2) is 4.79 Å². The molecular weight excluding hydrogens is 378 g/mol. The Morgan fingerprint density at radius 3 is 2.57 bits per heavy atom. The summed E-state index contributed by atoms with van der Waals surface area (Å²) in [5.41, 5.74) is 3.61. The Hall–Kier alpha value is -3.13. The number of carbonyl (C=O) groups excluding carboxylic acids is 1. The first kappa shape index (κ1) is 18.2. The largest absolute Gasteiger partial charge is 0.459 e. The highest BCUT2D eigenvalue weighted by atomic mass is 32.1. The Morgan fingerprint density at radius 1 is 1.14 bits per heavy atom. The van der Waals surface area contributed by atoms with Crippen LogP contribution in [0.3, 0.4) is 0 Å². The van der Waals surface area contributed by atoms with Crippen LogP contribution in [0.15, 0.2) is 39.4 Å². The second-order valence-electron chi connectivity index (χ2n) is 6.47. The molecule has 4 aromatic heterocycles. The number of hydrogen-bond acceptors (Lipinski definition) is 7. The van der Waals surface area contributed by atoms with Crippen LogP contribution in [0.2, 0.25) is 0 Å². The highest BCUT2D eigenvalue weighted by Gasteiger charge is 2.24. The highest BCUT2D eigenvalue weighted by Crippen LogP contribution is 2.33. The van der Waals surface area contributed by atoms with Gasteiger partial charge in [-0.2, -0.15) is 0 Å². The van der Waals surface area contributed by atoms with E-state index in [1.807, 2.05) is 39.8 Å². The van der Waals surface area contributed by atoms with Crippen molar-refractivity contribution in [3.63, 3.8) is 0 Å². The van der Waals surface area contributed by atoms with Crippen molar-refractivity contribution in [3.05, 3.63) is 63.8 Å². The van der Waals surface area contributed by atoms with Crippen LogP contribution in [0.1, 0.15) is 38.1 Å². The van der Waals surface area contributed by atoms with Gasteiger partial charge >= 0.3 is 5.97 Å². The second-order valence-corrected chi connectivity index (χ2v) is 7.67. The first-order valence-corrected chi connectivity index (χ1v) is 9.56. The van der Waals surface area contributed by atoms with Gasteiger partial charge in [0.15, 0.2) is 12.4 Å². The van der Waals surface area contributed by atoms with Gasteiger partial charge in [-0.1, -0.05) is 0 Å². The molecule has 0 saturated heterocycles. The molecule has 0 unspecified atom stereocenters. The third kappa shape index (κ3) is 3.16. The van der Waals surface area contributed by atoms with Crippen LogP contribution in [-0.2, 0) is 11.3 Å². The van der Waals surface area contributed by atoms with Gasteiger partial charge in [0.25, 0.3) is 11.8 Å². The number of nitrogens with zero attached hydrogens (tertiary/aromatic N) is 3. The first-order valence-electron chi connectivity index (χ1n) is 8.74. The van der Waals surface area contributed by atoms with Gasteiger partial charge in [-0.05, 0) is 57.5 Å². The number of carbonyl (C=O) groups is 1. The zero-order valence-corrected chi connectivity index (χ0v) is 16.8. The van der Waals surface area contributed by atoms with Crippen LogP contribution >= 0.6 is 11.3 Å². The van der Waals surface area contributed by atoms with Crippen molar-refractivity contribution in [1.82, 2.24) is 14.8 Å². The summed E-state index contributed by atoms with van der Waals surface area (Å²) in [7, 11) is 0. The van der Waals surface area contributed by atoms with Gasteiger partial charge in [0.2, 0.25) is 0 Å². The maximum atomic E-state index is 12.9. The zero-order valence-electron chi connectivity index (χ0n) is 16.0. The van der Waals surface area contributed by atoms with Crippen LogP contribution in [-0.4, -0.2) is 20.7 Å². The van der Waals surface area contributed by atoms with Crippen molar-refractivity contribution in [2.45, 2.75) is 34.3 Å². The number of ether oxygens (including phenoxy) is 1. The summed E-state index contributed by atoms with van der Waals surface area (Å²) >= 11 is 1.58. The third-order valence-electron chi connectivity index (χ3n) is 4.57. The molecular formula is C20H19N3O4S. The van der Waals surface area contributed by atoms with Gasteiger partial charge in [-0.15, -0.1) is 21.5 Å². The summed E-state index contributed by atoms with van der Waals surface area (Å²) in [5, 5.41) is 8.68. The SMILES string of the molecule is Cc1sc(-n2c(C)ccc2C)c(C(=O)OCc2nnc(-c3ccco3)o2)c1C. The zero-order chi connectivity index (χ0) is 19.8. The molecule has 0 atom stereocenters. The summed E-state index contributed by atoms with van der Waals surface area (Å²) in [4.78, 5) is 14.0. The molecule has 4 rings (SSSR count). The van der Waals surface area contributed by atoms with Gasteiger partial charge in [-0.3, -0.25) is 0 Å². The molecule has 0 amide bonds. The van der Waals surface area contributed by atoms with Crippen molar-refractivity contribution in [1.29, 1.82) is 0 Å². The van der Waals surface area contributed by atoms with Gasteiger partial charge in [0.05, 0.1) is 11.8 Å². The molecule has 0 saturated carbocycles. The lowest BCUT2D eigenvalue weighted by atomic mass is 10.1. The molecule has 0 bridgehead atoms. The second kappa shape index (κ2) is 7.12. The Morgan fingerprint density at radius 2 is 1.89 bits per heavy atom. The molecule has 0 fully saturated rings. The monoisotopic (exact) mass is 397 g/mol. The van der Waals surface area contributed by atoms with Crippen LogP contribution in [0.4, 0.5) is 0 Å². The van der Waals surface area contributed by atoms with E-state index in [1.54, 1.807) is 23.5 Å². The van der Waals surface area contributed by atoms with E-state index in [1.165, 1.54) is 6.26 Å². The fourth-order valence-corrected chi connectivity index (χ4v) is 4.27. The van der Waals surface area contributed by atoms with Crippen molar-refractivity contribution in [3.8, 4) is 16.7 Å². The molecule has 8 heteroatoms. The predicted octanol–water partition coefficient (Wildman–Crippen LogP) is 4.77. The molecule has 0 N–H and O–H groups in total. The van der Waals surface area contributed by atoms with E-state index in [2.05, 4.69) is 14.8 Å². The maximum Gasteiger partial charge on any atom is 0.341 e. The van der Waals surface area contributed by atoms with E-state index in [-0.39, 0.29) is 18.4 Å². The van der Waals surface area contributed by atoms with Crippen molar-refractivity contribution in [2.24, 2.45) is 0 Å². The van der Waals surface area contributed by atoms with Crippen molar-refractivity contribution >= 4 is 17.3 Å². The quantitative estimate of drug-likeness (QED) is 0.451. The standard InChI is InChI=1S/C20H19N3O4S/c1-11-7-8-12(2)23(11)19-17(13(3)14(4)28-19)20(24)26-10-16-21-22-18(27-16)15-6-5-9-25-15/h5-9H,10H2,1-4H3. The molecule has 0 aliphatic heterocycles. The minimum Gasteiger partial charge on any atom is -0.459 e. The first-order chi connectivity index (χ1) is 13.5. The Bertz CT molecular complexity index is 1120. The molecule has 0 radical (unpaired) electrons. The van der Waals surface area contributed by atoms with E-state index in [4.69, 9.17) is 13.6 Å². The molecule has 28 heavy (non-hydrogen) atoms. The molecule has 7 nitrogen and oxygen atoms in total. The van der Waals surface area contributed by atoms with Crippen molar-refractivity contribution in [2.75, 3.05) is 0 Å². The molecule has 144 valence electrons. The summed E-state index contributed by atoms with van der Waals surface area (Å²) in [6, 6.07) is 7.51. The summed E-state index contributed by atoms with van der Waals surface area (Å²) in [6.45, 7) is 7.86. The Labute approximate surface area is 165 Å². The Balaban J connectivity index is 1.57. The maximum absolute atomic E-state index is 12.9. The lowest BCUT2D eigenvalue weighted by Crippen LogP contribution is -2.10. The van der Waals surface area contributed by atoms with E-state index in [9.17, 15) is 4.79 Å². The molecule has 0 spiro atoms. The predicted molar refractivity (Wildman–Crippen MR) is 104 cm³/mol. The van der Waals surface area contributed by atoms with Gasteiger partial charge < -0.3 is 18.1 Å². The average molecular weight is 397 g/mol.